The fourth-order valence-electron chi connectivity index (χ4n) is 3.04. The number of aliphatic hydroxyl groups is 1. The molecule has 0 aliphatic rings. The van der Waals surface area contributed by atoms with Crippen molar-refractivity contribution in [3.63, 3.8) is 0 Å². The van der Waals surface area contributed by atoms with Crippen LogP contribution >= 0.6 is 0 Å². The van der Waals surface area contributed by atoms with Gasteiger partial charge in [0.2, 0.25) is 0 Å². The summed E-state index contributed by atoms with van der Waals surface area (Å²) in [5.74, 6) is 0.303. The van der Waals surface area contributed by atoms with Crippen molar-refractivity contribution in [1.29, 1.82) is 0 Å². The molecule has 1 atom stereocenters. The van der Waals surface area contributed by atoms with E-state index < -0.39 is 35.4 Å². The van der Waals surface area contributed by atoms with Crippen LogP contribution in [0.4, 0.5) is 15.3 Å². The van der Waals surface area contributed by atoms with Crippen LogP contribution in [0.5, 0.6) is 5.75 Å². The third-order valence-corrected chi connectivity index (χ3v) is 4.71. The molecular weight excluding hydrogens is 458 g/mol. The molecule has 190 valence electrons. The van der Waals surface area contributed by atoms with Crippen LogP contribution in [0.3, 0.4) is 0 Å². The van der Waals surface area contributed by atoms with E-state index in [0.717, 1.165) is 11.1 Å². The fourth-order valence-corrected chi connectivity index (χ4v) is 3.04. The zero-order valence-electron chi connectivity index (χ0n) is 20.2. The van der Waals surface area contributed by atoms with Gasteiger partial charge < -0.3 is 30.0 Å². The first-order chi connectivity index (χ1) is 16.5. The van der Waals surface area contributed by atoms with Crippen molar-refractivity contribution in [2.24, 2.45) is 0 Å². The van der Waals surface area contributed by atoms with Gasteiger partial charge in [-0.05, 0) is 44.0 Å². The number of nitro groups is 1. The van der Waals surface area contributed by atoms with Crippen molar-refractivity contribution in [2.75, 3.05) is 13.7 Å². The number of aliphatic hydroxyl groups excluding tert-OH is 1. The third-order valence-electron chi connectivity index (χ3n) is 4.71. The van der Waals surface area contributed by atoms with Gasteiger partial charge in [0.1, 0.15) is 18.0 Å². The number of ether oxygens (including phenoxy) is 3. The average Bonchev–Trinajstić information content (AvgIpc) is 2.80. The maximum atomic E-state index is 11.8. The molecule has 0 saturated carbocycles. The van der Waals surface area contributed by atoms with Crippen molar-refractivity contribution < 1.29 is 33.8 Å². The SMILES string of the molecule is COC(=O)N[C@H](CO)Cc1ccc(OCc2ccc(CNC(=O)OC(C)(C)C)cc2)cc1[N+](=O)[O-]. The number of nitrogens with zero attached hydrogens (tertiary/aromatic N) is 1. The number of nitro benzene ring substituents is 1. The van der Waals surface area contributed by atoms with Crippen molar-refractivity contribution in [3.8, 4) is 5.75 Å². The van der Waals surface area contributed by atoms with Gasteiger partial charge in [-0.25, -0.2) is 9.59 Å². The van der Waals surface area contributed by atoms with Crippen molar-refractivity contribution in [3.05, 3.63) is 69.3 Å². The number of amides is 2. The molecule has 0 aromatic heterocycles. The van der Waals surface area contributed by atoms with E-state index in [9.17, 15) is 24.8 Å². The quantitative estimate of drug-likeness (QED) is 0.339. The predicted molar refractivity (Wildman–Crippen MR) is 127 cm³/mol. The molecule has 2 rings (SSSR count). The van der Waals surface area contributed by atoms with E-state index in [0.29, 0.717) is 17.9 Å². The summed E-state index contributed by atoms with van der Waals surface area (Å²) in [6.07, 6.45) is -1.19. The van der Waals surface area contributed by atoms with E-state index >= 15 is 0 Å². The Hall–Kier alpha value is -3.86. The minimum Gasteiger partial charge on any atom is -0.489 e. The maximum Gasteiger partial charge on any atom is 0.407 e. The summed E-state index contributed by atoms with van der Waals surface area (Å²) in [5, 5.41) is 26.1. The average molecular weight is 490 g/mol. The number of hydrogen-bond donors (Lipinski definition) is 3. The first-order valence-electron chi connectivity index (χ1n) is 10.9. The van der Waals surface area contributed by atoms with Crippen LogP contribution in [-0.4, -0.2) is 47.6 Å². The molecule has 0 saturated heterocycles. The third kappa shape index (κ3) is 9.49. The summed E-state index contributed by atoms with van der Waals surface area (Å²) in [7, 11) is 1.19. The number of nitrogens with one attached hydrogen (secondary N) is 2. The van der Waals surface area contributed by atoms with Crippen LogP contribution in [0.25, 0.3) is 0 Å². The molecule has 0 radical (unpaired) electrons. The second-order valence-electron chi connectivity index (χ2n) is 8.73. The Morgan fingerprint density at radius 3 is 2.31 bits per heavy atom. The highest BCUT2D eigenvalue weighted by atomic mass is 16.6. The summed E-state index contributed by atoms with van der Waals surface area (Å²) in [4.78, 5) is 34.2. The number of carbonyl (C=O) groups excluding carboxylic acids is 2. The molecule has 0 aliphatic carbocycles. The number of methoxy groups -OCH3 is 1. The largest absolute Gasteiger partial charge is 0.489 e. The van der Waals surface area contributed by atoms with Crippen molar-refractivity contribution in [2.45, 2.75) is 52.0 Å². The van der Waals surface area contributed by atoms with E-state index in [-0.39, 0.29) is 18.7 Å². The Morgan fingerprint density at radius 2 is 1.74 bits per heavy atom. The lowest BCUT2D eigenvalue weighted by atomic mass is 10.0. The molecule has 0 aliphatic heterocycles. The Labute approximate surface area is 203 Å². The lowest BCUT2D eigenvalue weighted by Crippen LogP contribution is -2.39. The molecule has 0 spiro atoms. The van der Waals surface area contributed by atoms with Crippen LogP contribution in [-0.2, 0) is 29.0 Å². The fraction of sp³-hybridized carbons (Fsp3) is 0.417. The van der Waals surface area contributed by atoms with Gasteiger partial charge in [0.05, 0.1) is 30.7 Å². The lowest BCUT2D eigenvalue weighted by Gasteiger charge is -2.19. The van der Waals surface area contributed by atoms with Crippen LogP contribution in [0, 0.1) is 10.1 Å². The smallest absolute Gasteiger partial charge is 0.407 e. The van der Waals surface area contributed by atoms with Crippen LogP contribution in [0.1, 0.15) is 37.5 Å². The molecule has 0 bridgehead atoms. The Kier molecular flexibility index (Phi) is 9.83. The van der Waals surface area contributed by atoms with E-state index in [1.165, 1.54) is 19.2 Å². The molecule has 2 aromatic rings. The molecular formula is C24H31N3O8. The summed E-state index contributed by atoms with van der Waals surface area (Å²) < 4.78 is 15.4. The van der Waals surface area contributed by atoms with Gasteiger partial charge in [-0.3, -0.25) is 10.1 Å². The molecule has 2 amide bonds. The normalized spacial score (nSPS) is 11.8. The van der Waals surface area contributed by atoms with Crippen LogP contribution in [0.2, 0.25) is 0 Å². The zero-order valence-corrected chi connectivity index (χ0v) is 20.2. The predicted octanol–water partition coefficient (Wildman–Crippen LogP) is 3.46. The van der Waals surface area contributed by atoms with Gasteiger partial charge in [0.25, 0.3) is 5.69 Å². The number of benzene rings is 2. The molecule has 11 heteroatoms. The number of alkyl carbamates (subject to hydrolysis) is 2. The van der Waals surface area contributed by atoms with Crippen LogP contribution in [0.15, 0.2) is 42.5 Å². The molecule has 35 heavy (non-hydrogen) atoms. The van der Waals surface area contributed by atoms with Gasteiger partial charge in [-0.1, -0.05) is 24.3 Å². The van der Waals surface area contributed by atoms with Crippen LogP contribution < -0.4 is 15.4 Å². The van der Waals surface area contributed by atoms with Gasteiger partial charge in [0.15, 0.2) is 0 Å². The number of hydrogen-bond acceptors (Lipinski definition) is 8. The van der Waals surface area contributed by atoms with E-state index in [1.54, 1.807) is 26.8 Å². The molecule has 0 unspecified atom stereocenters. The summed E-state index contributed by atoms with van der Waals surface area (Å²) in [6.45, 7) is 5.45. The topological polar surface area (TPSA) is 149 Å². The minimum atomic E-state index is -0.740. The summed E-state index contributed by atoms with van der Waals surface area (Å²) >= 11 is 0. The highest BCUT2D eigenvalue weighted by molar-refractivity contribution is 5.68. The van der Waals surface area contributed by atoms with Gasteiger partial charge in [-0.15, -0.1) is 0 Å². The number of rotatable bonds is 10. The highest BCUT2D eigenvalue weighted by Gasteiger charge is 2.20. The Balaban J connectivity index is 1.97. The monoisotopic (exact) mass is 489 g/mol. The highest BCUT2D eigenvalue weighted by Crippen LogP contribution is 2.26. The first-order valence-corrected chi connectivity index (χ1v) is 10.9. The zero-order chi connectivity index (χ0) is 26.0. The second-order valence-corrected chi connectivity index (χ2v) is 8.73. The van der Waals surface area contributed by atoms with Crippen molar-refractivity contribution in [1.82, 2.24) is 10.6 Å². The maximum absolute atomic E-state index is 11.8. The van der Waals surface area contributed by atoms with Gasteiger partial charge in [0, 0.05) is 18.5 Å². The van der Waals surface area contributed by atoms with E-state index in [2.05, 4.69) is 15.4 Å². The van der Waals surface area contributed by atoms with Gasteiger partial charge in [-0.2, -0.15) is 0 Å². The van der Waals surface area contributed by atoms with Gasteiger partial charge >= 0.3 is 12.2 Å². The number of carbonyl (C=O) groups is 2. The first kappa shape index (κ1) is 27.4. The Bertz CT molecular complexity index is 1020. The minimum absolute atomic E-state index is 0.0426. The Morgan fingerprint density at radius 1 is 1.09 bits per heavy atom. The molecule has 3 N–H and O–H groups in total. The molecule has 0 fully saturated rings. The van der Waals surface area contributed by atoms with E-state index in [4.69, 9.17) is 9.47 Å². The van der Waals surface area contributed by atoms with E-state index in [1.807, 2.05) is 24.3 Å². The standard InChI is InChI=1S/C24H31N3O8/c1-24(2,3)35-22(29)25-13-16-5-7-17(8-6-16)15-34-20-10-9-18(21(12-20)27(31)32)11-19(14-28)26-23(30)33-4/h5-10,12,19,28H,11,13-15H2,1-4H3,(H,25,29)(H,26,30)/t19-/m0/s1. The lowest BCUT2D eigenvalue weighted by molar-refractivity contribution is -0.385. The molecule has 0 heterocycles. The molecule has 11 nitrogen and oxygen atoms in total. The van der Waals surface area contributed by atoms with Crippen molar-refractivity contribution >= 4 is 17.9 Å². The molecule has 2 aromatic carbocycles. The summed E-state index contributed by atoms with van der Waals surface area (Å²) in [6, 6.07) is 11.0. The second kappa shape index (κ2) is 12.6. The summed E-state index contributed by atoms with van der Waals surface area (Å²) in [5.41, 5.74) is 1.29.